The minimum atomic E-state index is -0.0738. The van der Waals surface area contributed by atoms with E-state index >= 15 is 0 Å². The highest BCUT2D eigenvalue weighted by molar-refractivity contribution is 5.26. The topological polar surface area (TPSA) is 25.2 Å². The highest BCUT2D eigenvalue weighted by Crippen LogP contribution is 2.39. The fourth-order valence-electron chi connectivity index (χ4n) is 3.34. The largest absolute Gasteiger partial charge is 0.466 e. The zero-order valence-electron chi connectivity index (χ0n) is 12.8. The van der Waals surface area contributed by atoms with Gasteiger partial charge in [-0.1, -0.05) is 18.2 Å². The average molecular weight is 287 g/mol. The molecule has 1 heterocycles. The number of aryl methyl sites for hydroxylation is 2. The van der Waals surface area contributed by atoms with E-state index in [1.165, 1.54) is 5.56 Å². The fraction of sp³-hybridized carbons (Fsp3) is 0.444. The molecule has 1 N–H and O–H groups in total. The fourth-order valence-corrected chi connectivity index (χ4v) is 3.34. The van der Waals surface area contributed by atoms with Crippen LogP contribution in [0.4, 0.5) is 4.39 Å². The van der Waals surface area contributed by atoms with Gasteiger partial charge in [0, 0.05) is 17.6 Å². The van der Waals surface area contributed by atoms with E-state index < -0.39 is 0 Å². The van der Waals surface area contributed by atoms with Gasteiger partial charge in [0.25, 0.3) is 0 Å². The molecule has 1 unspecified atom stereocenters. The Balaban J connectivity index is 1.58. The molecule has 2 nitrogen and oxygen atoms in total. The molecule has 3 rings (SSSR count). The molecule has 1 aliphatic rings. The standard InChI is InChI=1S/C18H22FNO/c1-11-8-17(13(3)21-11)12(2)20-15-9-14(10-15)16-6-4-5-7-18(16)19/h4-8,12,14-15,20H,9-10H2,1-3H3. The summed E-state index contributed by atoms with van der Waals surface area (Å²) < 4.78 is 19.3. The summed E-state index contributed by atoms with van der Waals surface area (Å²) in [6.07, 6.45) is 2.00. The van der Waals surface area contributed by atoms with Gasteiger partial charge < -0.3 is 9.73 Å². The number of halogens is 1. The Labute approximate surface area is 125 Å². The van der Waals surface area contributed by atoms with Gasteiger partial charge in [0.05, 0.1) is 0 Å². The number of hydrogen-bond acceptors (Lipinski definition) is 2. The van der Waals surface area contributed by atoms with E-state index in [2.05, 4.69) is 18.3 Å². The van der Waals surface area contributed by atoms with E-state index in [0.717, 1.165) is 29.9 Å². The quantitative estimate of drug-likeness (QED) is 0.886. The average Bonchev–Trinajstić information content (AvgIpc) is 2.73. The van der Waals surface area contributed by atoms with Gasteiger partial charge in [-0.25, -0.2) is 4.39 Å². The predicted octanol–water partition coefficient (Wildman–Crippen LogP) is 4.63. The molecule has 0 bridgehead atoms. The summed E-state index contributed by atoms with van der Waals surface area (Å²) in [4.78, 5) is 0. The van der Waals surface area contributed by atoms with Crippen LogP contribution in [-0.2, 0) is 0 Å². The number of hydrogen-bond donors (Lipinski definition) is 1. The van der Waals surface area contributed by atoms with Crippen molar-refractivity contribution in [3.05, 3.63) is 58.8 Å². The van der Waals surface area contributed by atoms with Crippen molar-refractivity contribution in [1.29, 1.82) is 0 Å². The first kappa shape index (κ1) is 14.3. The van der Waals surface area contributed by atoms with Crippen LogP contribution in [0.5, 0.6) is 0 Å². The molecular formula is C18H22FNO. The summed E-state index contributed by atoms with van der Waals surface area (Å²) in [5.41, 5.74) is 2.08. The summed E-state index contributed by atoms with van der Waals surface area (Å²) in [5.74, 6) is 2.21. The van der Waals surface area contributed by atoms with Crippen LogP contribution >= 0.6 is 0 Å². The molecule has 1 aliphatic carbocycles. The zero-order valence-corrected chi connectivity index (χ0v) is 12.8. The van der Waals surface area contributed by atoms with Crippen molar-refractivity contribution in [2.45, 2.75) is 51.6 Å². The molecule has 0 aliphatic heterocycles. The van der Waals surface area contributed by atoms with Crippen molar-refractivity contribution in [3.63, 3.8) is 0 Å². The van der Waals surface area contributed by atoms with Crippen molar-refractivity contribution in [1.82, 2.24) is 5.32 Å². The van der Waals surface area contributed by atoms with Gasteiger partial charge in [0.2, 0.25) is 0 Å². The van der Waals surface area contributed by atoms with E-state index in [1.54, 1.807) is 12.1 Å². The molecule has 2 aromatic rings. The van der Waals surface area contributed by atoms with Crippen molar-refractivity contribution in [3.8, 4) is 0 Å². The van der Waals surface area contributed by atoms with Gasteiger partial charge in [0.15, 0.2) is 0 Å². The van der Waals surface area contributed by atoms with Crippen LogP contribution in [0.15, 0.2) is 34.7 Å². The van der Waals surface area contributed by atoms with E-state index in [9.17, 15) is 4.39 Å². The maximum atomic E-state index is 13.7. The smallest absolute Gasteiger partial charge is 0.126 e. The normalized spacial score (nSPS) is 22.9. The Bertz CT molecular complexity index is 628. The number of benzene rings is 1. The van der Waals surface area contributed by atoms with Crippen LogP contribution in [0.1, 0.15) is 54.4 Å². The summed E-state index contributed by atoms with van der Waals surface area (Å²) in [6, 6.07) is 9.95. The second-order valence-corrected chi connectivity index (χ2v) is 6.14. The van der Waals surface area contributed by atoms with Crippen molar-refractivity contribution in [2.75, 3.05) is 0 Å². The van der Waals surface area contributed by atoms with Crippen LogP contribution in [0.3, 0.4) is 0 Å². The third kappa shape index (κ3) is 2.88. The second-order valence-electron chi connectivity index (χ2n) is 6.14. The lowest BCUT2D eigenvalue weighted by Crippen LogP contribution is -2.41. The molecule has 0 radical (unpaired) electrons. The van der Waals surface area contributed by atoms with Gasteiger partial charge in [0.1, 0.15) is 17.3 Å². The first-order valence-electron chi connectivity index (χ1n) is 7.62. The van der Waals surface area contributed by atoms with Crippen LogP contribution in [-0.4, -0.2) is 6.04 Å². The van der Waals surface area contributed by atoms with Gasteiger partial charge in [-0.15, -0.1) is 0 Å². The molecule has 1 aromatic carbocycles. The summed E-state index contributed by atoms with van der Waals surface area (Å²) >= 11 is 0. The van der Waals surface area contributed by atoms with Crippen molar-refractivity contribution >= 4 is 0 Å². The lowest BCUT2D eigenvalue weighted by atomic mass is 9.75. The van der Waals surface area contributed by atoms with Crippen LogP contribution in [0.25, 0.3) is 0 Å². The predicted molar refractivity (Wildman–Crippen MR) is 81.9 cm³/mol. The molecule has 0 amide bonds. The Morgan fingerprint density at radius 2 is 1.95 bits per heavy atom. The van der Waals surface area contributed by atoms with E-state index in [4.69, 9.17) is 4.42 Å². The maximum Gasteiger partial charge on any atom is 0.126 e. The van der Waals surface area contributed by atoms with Gasteiger partial charge in [-0.3, -0.25) is 0 Å². The third-order valence-corrected chi connectivity index (χ3v) is 4.51. The van der Waals surface area contributed by atoms with E-state index in [-0.39, 0.29) is 11.9 Å². The van der Waals surface area contributed by atoms with Crippen LogP contribution < -0.4 is 5.32 Å². The number of furan rings is 1. The van der Waals surface area contributed by atoms with Gasteiger partial charge in [-0.2, -0.15) is 0 Å². The highest BCUT2D eigenvalue weighted by atomic mass is 19.1. The van der Waals surface area contributed by atoms with Crippen molar-refractivity contribution in [2.24, 2.45) is 0 Å². The third-order valence-electron chi connectivity index (χ3n) is 4.51. The lowest BCUT2D eigenvalue weighted by molar-refractivity contribution is 0.265. The number of rotatable bonds is 4. The molecule has 1 aromatic heterocycles. The Hall–Kier alpha value is -1.61. The Morgan fingerprint density at radius 1 is 1.24 bits per heavy atom. The molecule has 0 saturated heterocycles. The molecule has 0 spiro atoms. The maximum absolute atomic E-state index is 13.7. The minimum absolute atomic E-state index is 0.0738. The lowest BCUT2D eigenvalue weighted by Gasteiger charge is -2.38. The first-order valence-corrected chi connectivity index (χ1v) is 7.62. The molecule has 3 heteroatoms. The van der Waals surface area contributed by atoms with Gasteiger partial charge >= 0.3 is 0 Å². The van der Waals surface area contributed by atoms with Gasteiger partial charge in [-0.05, 0) is 57.2 Å². The molecular weight excluding hydrogens is 265 g/mol. The summed E-state index contributed by atoms with van der Waals surface area (Å²) in [6.45, 7) is 6.14. The first-order chi connectivity index (χ1) is 10.0. The van der Waals surface area contributed by atoms with E-state index in [0.29, 0.717) is 12.0 Å². The minimum Gasteiger partial charge on any atom is -0.466 e. The Morgan fingerprint density at radius 3 is 2.57 bits per heavy atom. The second kappa shape index (κ2) is 5.64. The summed E-state index contributed by atoms with van der Waals surface area (Å²) in [7, 11) is 0. The molecule has 112 valence electrons. The SMILES string of the molecule is Cc1cc(C(C)NC2CC(c3ccccc3F)C2)c(C)o1. The molecule has 1 saturated carbocycles. The molecule has 21 heavy (non-hydrogen) atoms. The highest BCUT2D eigenvalue weighted by Gasteiger charge is 2.32. The number of nitrogens with one attached hydrogen (secondary N) is 1. The van der Waals surface area contributed by atoms with Crippen LogP contribution in [0.2, 0.25) is 0 Å². The summed E-state index contributed by atoms with van der Waals surface area (Å²) in [5, 5.41) is 3.62. The van der Waals surface area contributed by atoms with Crippen LogP contribution in [0, 0.1) is 19.7 Å². The molecule has 1 atom stereocenters. The zero-order chi connectivity index (χ0) is 15.0. The van der Waals surface area contributed by atoms with Crippen molar-refractivity contribution < 1.29 is 8.81 Å². The monoisotopic (exact) mass is 287 g/mol. The van der Waals surface area contributed by atoms with E-state index in [1.807, 2.05) is 26.0 Å². The Kier molecular flexibility index (Phi) is 3.85. The molecule has 1 fully saturated rings.